The molecule has 0 heterocycles. The Labute approximate surface area is 107 Å². The molecule has 0 saturated heterocycles. The highest BCUT2D eigenvalue weighted by Gasteiger charge is 2.14. The summed E-state index contributed by atoms with van der Waals surface area (Å²) in [5, 5.41) is 7.21. The van der Waals surface area contributed by atoms with Gasteiger partial charge in [0.05, 0.1) is 12.2 Å². The van der Waals surface area contributed by atoms with Gasteiger partial charge in [0.1, 0.15) is 17.4 Å². The van der Waals surface area contributed by atoms with Crippen LogP contribution in [0.2, 0.25) is 0 Å². The van der Waals surface area contributed by atoms with E-state index in [-0.39, 0.29) is 11.4 Å². The van der Waals surface area contributed by atoms with Crippen molar-refractivity contribution in [3.05, 3.63) is 29.6 Å². The predicted octanol–water partition coefficient (Wildman–Crippen LogP) is 3.07. The third-order valence-electron chi connectivity index (χ3n) is 3.44. The number of amidine groups is 1. The Bertz CT molecular complexity index is 428. The van der Waals surface area contributed by atoms with Crippen LogP contribution in [0.1, 0.15) is 37.7 Å². The minimum absolute atomic E-state index is 0.125. The lowest BCUT2D eigenvalue weighted by atomic mass is 9.90. The van der Waals surface area contributed by atoms with E-state index in [9.17, 15) is 4.39 Å². The summed E-state index contributed by atoms with van der Waals surface area (Å²) < 4.78 is 19.2. The van der Waals surface area contributed by atoms with Crippen LogP contribution in [0.5, 0.6) is 5.75 Å². The lowest BCUT2D eigenvalue weighted by molar-refractivity contribution is 0.208. The van der Waals surface area contributed by atoms with Crippen molar-refractivity contribution in [1.82, 2.24) is 0 Å². The van der Waals surface area contributed by atoms with Crippen LogP contribution in [0, 0.1) is 17.1 Å². The number of hydrogen-bond donors (Lipinski definition) is 2. The number of ether oxygens (including phenoxy) is 1. The minimum Gasteiger partial charge on any atom is -0.493 e. The molecule has 2 rings (SSSR count). The quantitative estimate of drug-likeness (QED) is 0.637. The maximum Gasteiger partial charge on any atom is 0.137 e. The summed E-state index contributed by atoms with van der Waals surface area (Å²) in [6.45, 7) is 0.652. The van der Waals surface area contributed by atoms with Gasteiger partial charge in [-0.25, -0.2) is 4.39 Å². The van der Waals surface area contributed by atoms with Gasteiger partial charge in [-0.3, -0.25) is 5.41 Å². The molecule has 0 unspecified atom stereocenters. The van der Waals surface area contributed by atoms with Crippen LogP contribution < -0.4 is 10.5 Å². The molecule has 0 aliphatic heterocycles. The van der Waals surface area contributed by atoms with Crippen LogP contribution in [-0.2, 0) is 0 Å². The average molecular weight is 250 g/mol. The van der Waals surface area contributed by atoms with E-state index in [1.165, 1.54) is 44.2 Å². The zero-order valence-electron chi connectivity index (χ0n) is 10.4. The van der Waals surface area contributed by atoms with Crippen molar-refractivity contribution in [3.8, 4) is 5.75 Å². The SMILES string of the molecule is N=C(N)c1ccc(OCC2CCCCC2)cc1F. The van der Waals surface area contributed by atoms with Crippen LogP contribution in [0.15, 0.2) is 18.2 Å². The second-order valence-electron chi connectivity index (χ2n) is 4.87. The molecule has 0 atom stereocenters. The van der Waals surface area contributed by atoms with Crippen molar-refractivity contribution in [1.29, 1.82) is 5.41 Å². The standard InChI is InChI=1S/C14H19FN2O/c15-13-8-11(6-7-12(13)14(16)17)18-9-10-4-2-1-3-5-10/h6-8,10H,1-5,9H2,(H3,16,17). The maximum atomic E-state index is 13.6. The van der Waals surface area contributed by atoms with Crippen molar-refractivity contribution >= 4 is 5.84 Å². The molecule has 3 nitrogen and oxygen atoms in total. The second kappa shape index (κ2) is 5.85. The first kappa shape index (κ1) is 12.9. The maximum absolute atomic E-state index is 13.6. The zero-order valence-corrected chi connectivity index (χ0v) is 10.4. The molecule has 1 fully saturated rings. The summed E-state index contributed by atoms with van der Waals surface area (Å²) in [5.41, 5.74) is 5.38. The molecule has 1 aliphatic rings. The van der Waals surface area contributed by atoms with E-state index >= 15 is 0 Å². The summed E-state index contributed by atoms with van der Waals surface area (Å²) in [6, 6.07) is 4.47. The van der Waals surface area contributed by atoms with Gasteiger partial charge in [0.15, 0.2) is 0 Å². The molecule has 1 aromatic carbocycles. The topological polar surface area (TPSA) is 59.1 Å². The molecule has 0 radical (unpaired) electrons. The molecule has 98 valence electrons. The summed E-state index contributed by atoms with van der Waals surface area (Å²) in [7, 11) is 0. The Hall–Kier alpha value is -1.58. The Kier molecular flexibility index (Phi) is 4.18. The van der Waals surface area contributed by atoms with Crippen molar-refractivity contribution in [2.24, 2.45) is 11.7 Å². The summed E-state index contributed by atoms with van der Waals surface area (Å²) in [5.74, 6) is 0.354. The van der Waals surface area contributed by atoms with Crippen molar-refractivity contribution in [2.75, 3.05) is 6.61 Å². The first-order valence-corrected chi connectivity index (χ1v) is 6.43. The molecule has 0 spiro atoms. The third-order valence-corrected chi connectivity index (χ3v) is 3.44. The van der Waals surface area contributed by atoms with Crippen molar-refractivity contribution in [2.45, 2.75) is 32.1 Å². The van der Waals surface area contributed by atoms with Gasteiger partial charge in [0, 0.05) is 6.07 Å². The van der Waals surface area contributed by atoms with E-state index in [1.807, 2.05) is 0 Å². The zero-order chi connectivity index (χ0) is 13.0. The van der Waals surface area contributed by atoms with Gasteiger partial charge >= 0.3 is 0 Å². The van der Waals surface area contributed by atoms with Crippen LogP contribution in [0.4, 0.5) is 4.39 Å². The Morgan fingerprint density at radius 2 is 2.06 bits per heavy atom. The summed E-state index contributed by atoms with van der Waals surface area (Å²) >= 11 is 0. The van der Waals surface area contributed by atoms with Gasteiger partial charge in [0.2, 0.25) is 0 Å². The Morgan fingerprint density at radius 3 is 2.67 bits per heavy atom. The van der Waals surface area contributed by atoms with Crippen LogP contribution in [0.3, 0.4) is 0 Å². The van der Waals surface area contributed by atoms with Gasteiger partial charge in [0.25, 0.3) is 0 Å². The van der Waals surface area contributed by atoms with E-state index in [0.717, 1.165) is 0 Å². The fourth-order valence-electron chi connectivity index (χ4n) is 2.37. The largest absolute Gasteiger partial charge is 0.493 e. The number of halogens is 1. The molecule has 1 aliphatic carbocycles. The van der Waals surface area contributed by atoms with Gasteiger partial charge < -0.3 is 10.5 Å². The van der Waals surface area contributed by atoms with Crippen LogP contribution >= 0.6 is 0 Å². The smallest absolute Gasteiger partial charge is 0.137 e. The number of nitrogens with two attached hydrogens (primary N) is 1. The van der Waals surface area contributed by atoms with Crippen molar-refractivity contribution in [3.63, 3.8) is 0 Å². The number of hydrogen-bond acceptors (Lipinski definition) is 2. The molecule has 1 saturated carbocycles. The summed E-state index contributed by atoms with van der Waals surface area (Å²) in [4.78, 5) is 0. The van der Waals surface area contributed by atoms with Gasteiger partial charge in [-0.15, -0.1) is 0 Å². The first-order chi connectivity index (χ1) is 8.66. The van der Waals surface area contributed by atoms with E-state index < -0.39 is 5.82 Å². The third kappa shape index (κ3) is 3.22. The van der Waals surface area contributed by atoms with Crippen LogP contribution in [0.25, 0.3) is 0 Å². The first-order valence-electron chi connectivity index (χ1n) is 6.43. The molecular weight excluding hydrogens is 231 g/mol. The molecule has 0 amide bonds. The monoisotopic (exact) mass is 250 g/mol. The number of nitrogens with one attached hydrogen (secondary N) is 1. The molecule has 1 aromatic rings. The highest BCUT2D eigenvalue weighted by atomic mass is 19.1. The summed E-state index contributed by atoms with van der Waals surface area (Å²) in [6.07, 6.45) is 6.26. The molecule has 3 N–H and O–H groups in total. The van der Waals surface area contributed by atoms with E-state index in [2.05, 4.69) is 0 Å². The van der Waals surface area contributed by atoms with E-state index in [0.29, 0.717) is 18.3 Å². The lowest BCUT2D eigenvalue weighted by Crippen LogP contribution is -2.16. The fraction of sp³-hybridized carbons (Fsp3) is 0.500. The molecule has 4 heteroatoms. The van der Waals surface area contributed by atoms with Crippen LogP contribution in [-0.4, -0.2) is 12.4 Å². The van der Waals surface area contributed by atoms with E-state index in [1.54, 1.807) is 6.07 Å². The van der Waals surface area contributed by atoms with Crippen molar-refractivity contribution < 1.29 is 9.13 Å². The molecule has 0 aromatic heterocycles. The highest BCUT2D eigenvalue weighted by Crippen LogP contribution is 2.25. The minimum atomic E-state index is -0.497. The average Bonchev–Trinajstić information content (AvgIpc) is 2.37. The molecule has 18 heavy (non-hydrogen) atoms. The number of nitrogen functional groups attached to an aromatic ring is 1. The molecule has 0 bridgehead atoms. The fourth-order valence-corrected chi connectivity index (χ4v) is 2.37. The Balaban J connectivity index is 1.93. The van der Waals surface area contributed by atoms with Gasteiger partial charge in [-0.1, -0.05) is 19.3 Å². The van der Waals surface area contributed by atoms with E-state index in [4.69, 9.17) is 15.9 Å². The predicted molar refractivity (Wildman–Crippen MR) is 69.5 cm³/mol. The lowest BCUT2D eigenvalue weighted by Gasteiger charge is -2.21. The normalized spacial score (nSPS) is 16.5. The van der Waals surface area contributed by atoms with Gasteiger partial charge in [-0.05, 0) is 30.9 Å². The molecular formula is C14H19FN2O. The number of benzene rings is 1. The Morgan fingerprint density at radius 1 is 1.33 bits per heavy atom. The number of rotatable bonds is 4. The second-order valence-corrected chi connectivity index (χ2v) is 4.87. The van der Waals surface area contributed by atoms with Gasteiger partial charge in [-0.2, -0.15) is 0 Å². The highest BCUT2D eigenvalue weighted by molar-refractivity contribution is 5.95.